The highest BCUT2D eigenvalue weighted by Crippen LogP contribution is 2.26. The van der Waals surface area contributed by atoms with E-state index in [4.69, 9.17) is 0 Å². The number of aryl methyl sites for hydroxylation is 2. The summed E-state index contributed by atoms with van der Waals surface area (Å²) in [7, 11) is -3.57. The summed E-state index contributed by atoms with van der Waals surface area (Å²) in [5.41, 5.74) is 4.75. The zero-order valence-electron chi connectivity index (χ0n) is 18.2. The first kappa shape index (κ1) is 23.4. The standard InChI is InChI=1S/C22H23N5O3S2/c1-5-16-9-7-8-10-19(16)27-14(3)11-17(15(27)4)12-18(13-23)20(28)24-21-25-22(26-31-21)32(29,30)6-2/h7-12H,5-6H2,1-4H3,(H,24,25,26,28). The minimum absolute atomic E-state index is 0.0190. The molecular formula is C22H23N5O3S2. The molecule has 0 bridgehead atoms. The normalized spacial score (nSPS) is 11.9. The molecule has 0 aliphatic rings. The van der Waals surface area contributed by atoms with Crippen molar-refractivity contribution < 1.29 is 13.2 Å². The van der Waals surface area contributed by atoms with E-state index >= 15 is 0 Å². The molecule has 166 valence electrons. The Labute approximate surface area is 191 Å². The van der Waals surface area contributed by atoms with Crippen molar-refractivity contribution in [2.45, 2.75) is 39.3 Å². The highest BCUT2D eigenvalue weighted by Gasteiger charge is 2.20. The van der Waals surface area contributed by atoms with Crippen LogP contribution in [0.25, 0.3) is 11.8 Å². The predicted octanol–water partition coefficient (Wildman–Crippen LogP) is 3.85. The van der Waals surface area contributed by atoms with Crippen molar-refractivity contribution in [1.29, 1.82) is 5.26 Å². The second-order valence-corrected chi connectivity index (χ2v) is 9.98. The van der Waals surface area contributed by atoms with Crippen molar-refractivity contribution in [2.24, 2.45) is 0 Å². The Kier molecular flexibility index (Phi) is 6.91. The lowest BCUT2D eigenvalue weighted by Crippen LogP contribution is -2.14. The molecule has 1 amide bonds. The molecule has 10 heteroatoms. The second kappa shape index (κ2) is 9.46. The highest BCUT2D eigenvalue weighted by molar-refractivity contribution is 7.91. The van der Waals surface area contributed by atoms with Crippen LogP contribution in [-0.4, -0.2) is 34.0 Å². The van der Waals surface area contributed by atoms with E-state index in [-0.39, 0.29) is 21.6 Å². The number of rotatable bonds is 7. The third-order valence-corrected chi connectivity index (χ3v) is 7.28. The number of nitrogens with one attached hydrogen (secondary N) is 1. The summed E-state index contributed by atoms with van der Waals surface area (Å²) >= 11 is 0.752. The third kappa shape index (κ3) is 4.64. The molecule has 0 atom stereocenters. The van der Waals surface area contributed by atoms with E-state index in [0.717, 1.165) is 40.6 Å². The average Bonchev–Trinajstić information content (AvgIpc) is 3.36. The molecule has 0 fully saturated rings. The number of sulfone groups is 1. The SMILES string of the molecule is CCc1ccccc1-n1c(C)cc(C=C(C#N)C(=O)Nc2nc(S(=O)(=O)CC)ns2)c1C. The molecule has 2 aromatic heterocycles. The lowest BCUT2D eigenvalue weighted by molar-refractivity contribution is -0.112. The number of hydrogen-bond donors (Lipinski definition) is 1. The molecule has 0 radical (unpaired) electrons. The van der Waals surface area contributed by atoms with Gasteiger partial charge in [-0.3, -0.25) is 10.1 Å². The van der Waals surface area contributed by atoms with Gasteiger partial charge in [-0.05, 0) is 49.6 Å². The van der Waals surface area contributed by atoms with Crippen molar-refractivity contribution in [3.05, 3.63) is 58.4 Å². The fourth-order valence-electron chi connectivity index (χ4n) is 3.32. The van der Waals surface area contributed by atoms with Crippen molar-refractivity contribution in [1.82, 2.24) is 13.9 Å². The predicted molar refractivity (Wildman–Crippen MR) is 124 cm³/mol. The van der Waals surface area contributed by atoms with Crippen LogP contribution in [0.1, 0.15) is 36.4 Å². The Balaban J connectivity index is 1.92. The van der Waals surface area contributed by atoms with E-state index in [1.54, 1.807) is 0 Å². The van der Waals surface area contributed by atoms with Crippen molar-refractivity contribution in [2.75, 3.05) is 11.1 Å². The number of hydrogen-bond acceptors (Lipinski definition) is 7. The number of carbonyl (C=O) groups excluding carboxylic acids is 1. The molecule has 0 aliphatic heterocycles. The van der Waals surface area contributed by atoms with E-state index in [9.17, 15) is 18.5 Å². The molecule has 1 N–H and O–H groups in total. The summed E-state index contributed by atoms with van der Waals surface area (Å²) in [5.74, 6) is -0.820. The van der Waals surface area contributed by atoms with Gasteiger partial charge in [0.2, 0.25) is 15.0 Å². The van der Waals surface area contributed by atoms with Crippen LogP contribution in [0.2, 0.25) is 0 Å². The summed E-state index contributed by atoms with van der Waals surface area (Å²) in [6.07, 6.45) is 2.40. The lowest BCUT2D eigenvalue weighted by Gasteiger charge is -2.14. The van der Waals surface area contributed by atoms with E-state index in [1.165, 1.54) is 18.6 Å². The maximum absolute atomic E-state index is 12.6. The highest BCUT2D eigenvalue weighted by atomic mass is 32.2. The third-order valence-electron chi connectivity index (χ3n) is 5.03. The van der Waals surface area contributed by atoms with Crippen LogP contribution in [0, 0.1) is 25.2 Å². The Morgan fingerprint density at radius 3 is 2.66 bits per heavy atom. The van der Waals surface area contributed by atoms with Gasteiger partial charge < -0.3 is 4.57 Å². The first-order chi connectivity index (χ1) is 15.2. The van der Waals surface area contributed by atoms with Gasteiger partial charge in [0.15, 0.2) is 0 Å². The molecule has 0 saturated heterocycles. The van der Waals surface area contributed by atoms with Gasteiger partial charge in [-0.2, -0.15) is 14.6 Å². The number of anilines is 1. The molecule has 1 aromatic carbocycles. The van der Waals surface area contributed by atoms with Crippen LogP contribution in [-0.2, 0) is 21.1 Å². The number of amides is 1. The molecule has 0 aliphatic carbocycles. The van der Waals surface area contributed by atoms with Gasteiger partial charge >= 0.3 is 0 Å². The van der Waals surface area contributed by atoms with Gasteiger partial charge in [-0.15, -0.1) is 0 Å². The molecule has 2 heterocycles. The molecular weight excluding hydrogens is 446 g/mol. The zero-order valence-corrected chi connectivity index (χ0v) is 19.8. The van der Waals surface area contributed by atoms with Crippen LogP contribution in [0.15, 0.2) is 41.1 Å². The van der Waals surface area contributed by atoms with E-state index in [1.807, 2.05) is 44.2 Å². The first-order valence-electron chi connectivity index (χ1n) is 9.98. The summed E-state index contributed by atoms with van der Waals surface area (Å²) < 4.78 is 29.6. The number of para-hydroxylation sites is 1. The monoisotopic (exact) mass is 469 g/mol. The smallest absolute Gasteiger partial charge is 0.268 e. The Hall–Kier alpha value is -3.29. The summed E-state index contributed by atoms with van der Waals surface area (Å²) in [6, 6.07) is 11.9. The summed E-state index contributed by atoms with van der Waals surface area (Å²) in [5, 5.41) is 11.7. The van der Waals surface area contributed by atoms with Crippen LogP contribution < -0.4 is 5.32 Å². The number of nitrogens with zero attached hydrogens (tertiary/aromatic N) is 4. The zero-order chi connectivity index (χ0) is 23.5. The van der Waals surface area contributed by atoms with Crippen molar-refractivity contribution >= 4 is 38.5 Å². The van der Waals surface area contributed by atoms with Gasteiger partial charge in [0.25, 0.3) is 11.1 Å². The van der Waals surface area contributed by atoms with Gasteiger partial charge in [-0.25, -0.2) is 8.42 Å². The van der Waals surface area contributed by atoms with Gasteiger partial charge in [0, 0.05) is 28.6 Å². The molecule has 3 aromatic rings. The average molecular weight is 470 g/mol. The minimum Gasteiger partial charge on any atom is -0.318 e. The molecule has 0 unspecified atom stereocenters. The first-order valence-corrected chi connectivity index (χ1v) is 12.4. The largest absolute Gasteiger partial charge is 0.318 e. The van der Waals surface area contributed by atoms with Gasteiger partial charge in [0.1, 0.15) is 11.6 Å². The van der Waals surface area contributed by atoms with Crippen LogP contribution >= 0.6 is 11.5 Å². The van der Waals surface area contributed by atoms with Gasteiger partial charge in [0.05, 0.1) is 5.75 Å². The fourth-order valence-corrected chi connectivity index (χ4v) is 4.90. The number of benzene rings is 1. The number of nitriles is 1. The van der Waals surface area contributed by atoms with E-state index in [2.05, 4.69) is 32.2 Å². The lowest BCUT2D eigenvalue weighted by atomic mass is 10.1. The quantitative estimate of drug-likeness (QED) is 0.415. The maximum atomic E-state index is 12.6. The molecule has 3 rings (SSSR count). The maximum Gasteiger partial charge on any atom is 0.268 e. The Morgan fingerprint density at radius 2 is 2.00 bits per heavy atom. The van der Waals surface area contributed by atoms with Crippen LogP contribution in [0.4, 0.5) is 5.13 Å². The Bertz CT molecular complexity index is 1340. The van der Waals surface area contributed by atoms with Crippen LogP contribution in [0.5, 0.6) is 0 Å². The van der Waals surface area contributed by atoms with E-state index in [0.29, 0.717) is 0 Å². The van der Waals surface area contributed by atoms with Crippen molar-refractivity contribution in [3.8, 4) is 11.8 Å². The Morgan fingerprint density at radius 1 is 1.28 bits per heavy atom. The number of carbonyl (C=O) groups is 1. The topological polar surface area (TPSA) is 118 Å². The van der Waals surface area contributed by atoms with E-state index < -0.39 is 15.7 Å². The number of aromatic nitrogens is 3. The van der Waals surface area contributed by atoms with Crippen LogP contribution in [0.3, 0.4) is 0 Å². The summed E-state index contributed by atoms with van der Waals surface area (Å²) in [6.45, 7) is 7.49. The van der Waals surface area contributed by atoms with Gasteiger partial charge in [-0.1, -0.05) is 32.0 Å². The molecule has 32 heavy (non-hydrogen) atoms. The van der Waals surface area contributed by atoms with Crippen molar-refractivity contribution in [3.63, 3.8) is 0 Å². The minimum atomic E-state index is -3.57. The molecule has 0 spiro atoms. The fraction of sp³-hybridized carbons (Fsp3) is 0.273. The second-order valence-electron chi connectivity index (χ2n) is 7.05. The molecule has 0 saturated carbocycles. The molecule has 8 nitrogen and oxygen atoms in total. The summed E-state index contributed by atoms with van der Waals surface area (Å²) in [4.78, 5) is 16.5.